The standard InChI is InChI=1S/C22H27NO2/c1-21(2)23-18(17-5-3-4-6-19(17)25-21)10-20(24)22-11-14-7-15(12-22)9-16(8-14)13-22/h3-6,14-16H,7-13H2,1-2H3. The highest BCUT2D eigenvalue weighted by Crippen LogP contribution is 2.60. The lowest BCUT2D eigenvalue weighted by Crippen LogP contribution is -2.50. The summed E-state index contributed by atoms with van der Waals surface area (Å²) in [5, 5.41) is 0. The summed E-state index contributed by atoms with van der Waals surface area (Å²) in [6, 6.07) is 8.02. The van der Waals surface area contributed by atoms with Gasteiger partial charge in [-0.15, -0.1) is 0 Å². The molecule has 4 saturated carbocycles. The molecule has 4 bridgehead atoms. The van der Waals surface area contributed by atoms with Crippen LogP contribution in [0.4, 0.5) is 0 Å². The molecular weight excluding hydrogens is 310 g/mol. The largest absolute Gasteiger partial charge is 0.466 e. The Bertz CT molecular complexity index is 726. The van der Waals surface area contributed by atoms with Crippen LogP contribution >= 0.6 is 0 Å². The van der Waals surface area contributed by atoms with Crippen LogP contribution in [0.2, 0.25) is 0 Å². The lowest BCUT2D eigenvalue weighted by molar-refractivity contribution is -0.142. The zero-order chi connectivity index (χ0) is 17.2. The molecule has 1 heterocycles. The molecule has 0 spiro atoms. The number of fused-ring (bicyclic) bond motifs is 1. The molecule has 5 aliphatic rings. The molecule has 3 heteroatoms. The van der Waals surface area contributed by atoms with Crippen LogP contribution in [0.5, 0.6) is 5.75 Å². The number of carbonyl (C=O) groups excluding carboxylic acids is 1. The Morgan fingerprint density at radius 3 is 2.32 bits per heavy atom. The molecule has 0 aromatic heterocycles. The Hall–Kier alpha value is -1.64. The molecule has 3 nitrogen and oxygen atoms in total. The molecule has 4 fully saturated rings. The summed E-state index contributed by atoms with van der Waals surface area (Å²) in [6.45, 7) is 3.94. The van der Waals surface area contributed by atoms with Crippen molar-refractivity contribution in [3.8, 4) is 5.75 Å². The molecule has 0 atom stereocenters. The monoisotopic (exact) mass is 337 g/mol. The van der Waals surface area contributed by atoms with E-state index in [1.165, 1.54) is 19.3 Å². The Labute approximate surface area is 149 Å². The maximum atomic E-state index is 13.5. The second-order valence-electron chi connectivity index (χ2n) is 9.40. The van der Waals surface area contributed by atoms with Crippen molar-refractivity contribution < 1.29 is 9.53 Å². The van der Waals surface area contributed by atoms with Crippen molar-refractivity contribution in [2.45, 2.75) is 64.5 Å². The van der Waals surface area contributed by atoms with Crippen LogP contribution in [0.25, 0.3) is 0 Å². The van der Waals surface area contributed by atoms with Crippen molar-refractivity contribution in [2.75, 3.05) is 0 Å². The molecular formula is C22H27NO2. The van der Waals surface area contributed by atoms with Crippen molar-refractivity contribution >= 4 is 11.5 Å². The maximum absolute atomic E-state index is 13.5. The van der Waals surface area contributed by atoms with Gasteiger partial charge in [-0.05, 0) is 82.3 Å². The molecule has 25 heavy (non-hydrogen) atoms. The molecule has 0 saturated heterocycles. The lowest BCUT2D eigenvalue weighted by atomic mass is 9.48. The molecule has 0 amide bonds. The molecule has 4 aliphatic carbocycles. The van der Waals surface area contributed by atoms with Crippen LogP contribution < -0.4 is 4.74 Å². The van der Waals surface area contributed by atoms with Gasteiger partial charge < -0.3 is 4.74 Å². The minimum atomic E-state index is -0.592. The number of ether oxygens (including phenoxy) is 1. The van der Waals surface area contributed by atoms with Gasteiger partial charge in [0.2, 0.25) is 0 Å². The van der Waals surface area contributed by atoms with E-state index in [4.69, 9.17) is 9.73 Å². The minimum absolute atomic E-state index is 0.0470. The number of nitrogens with zero attached hydrogens (tertiary/aromatic N) is 1. The number of Topliss-reactive ketones (excluding diaryl/α,β-unsaturated/α-hetero) is 1. The summed E-state index contributed by atoms with van der Waals surface area (Å²) in [5.74, 6) is 3.70. The van der Waals surface area contributed by atoms with Crippen LogP contribution in [-0.4, -0.2) is 17.2 Å². The van der Waals surface area contributed by atoms with Gasteiger partial charge in [-0.1, -0.05) is 12.1 Å². The Balaban J connectivity index is 1.45. The van der Waals surface area contributed by atoms with Crippen molar-refractivity contribution in [1.82, 2.24) is 0 Å². The molecule has 0 radical (unpaired) electrons. The molecule has 1 aromatic rings. The predicted molar refractivity (Wildman–Crippen MR) is 97.9 cm³/mol. The van der Waals surface area contributed by atoms with E-state index in [1.54, 1.807) is 0 Å². The SMILES string of the molecule is CC1(C)N=C(CC(=O)C23CC4CC(CC(C4)C2)C3)c2ccccc2O1. The molecule has 6 rings (SSSR count). The molecule has 0 N–H and O–H groups in total. The first-order valence-electron chi connectivity index (χ1n) is 9.83. The van der Waals surface area contributed by atoms with E-state index in [0.29, 0.717) is 12.2 Å². The Kier molecular flexibility index (Phi) is 3.24. The minimum Gasteiger partial charge on any atom is -0.466 e. The third-order valence-electron chi connectivity index (χ3n) is 6.92. The van der Waals surface area contributed by atoms with Crippen LogP contribution in [0.3, 0.4) is 0 Å². The highest BCUT2D eigenvalue weighted by molar-refractivity contribution is 6.14. The van der Waals surface area contributed by atoms with Crippen molar-refractivity contribution in [3.63, 3.8) is 0 Å². The van der Waals surface area contributed by atoms with Crippen LogP contribution in [0.15, 0.2) is 29.3 Å². The summed E-state index contributed by atoms with van der Waals surface area (Å²) < 4.78 is 5.98. The Morgan fingerprint density at radius 1 is 1.08 bits per heavy atom. The van der Waals surface area contributed by atoms with E-state index in [1.807, 2.05) is 38.1 Å². The van der Waals surface area contributed by atoms with E-state index in [2.05, 4.69) is 0 Å². The Morgan fingerprint density at radius 2 is 1.68 bits per heavy atom. The van der Waals surface area contributed by atoms with Gasteiger partial charge in [0.05, 0.1) is 5.71 Å². The summed E-state index contributed by atoms with van der Waals surface area (Å²) >= 11 is 0. The summed E-state index contributed by atoms with van der Waals surface area (Å²) in [7, 11) is 0. The van der Waals surface area contributed by atoms with E-state index < -0.39 is 5.72 Å². The maximum Gasteiger partial charge on any atom is 0.194 e. The van der Waals surface area contributed by atoms with Gasteiger partial charge in [-0.25, -0.2) is 4.99 Å². The van der Waals surface area contributed by atoms with E-state index in [0.717, 1.165) is 54.0 Å². The number of aliphatic imine (C=N–C) groups is 1. The fourth-order valence-corrected chi connectivity index (χ4v) is 6.40. The summed E-state index contributed by atoms with van der Waals surface area (Å²) in [4.78, 5) is 18.3. The zero-order valence-corrected chi connectivity index (χ0v) is 15.3. The van der Waals surface area contributed by atoms with Crippen molar-refractivity contribution in [3.05, 3.63) is 29.8 Å². The predicted octanol–water partition coefficient (Wildman–Crippen LogP) is 4.78. The number of para-hydroxylation sites is 1. The number of hydrogen-bond acceptors (Lipinski definition) is 3. The van der Waals surface area contributed by atoms with Crippen molar-refractivity contribution in [1.29, 1.82) is 0 Å². The first-order valence-corrected chi connectivity index (χ1v) is 9.83. The summed E-state index contributed by atoms with van der Waals surface area (Å²) in [5.41, 5.74) is 1.28. The van der Waals surface area contributed by atoms with E-state index in [9.17, 15) is 4.79 Å². The second-order valence-corrected chi connectivity index (χ2v) is 9.40. The number of carbonyl (C=O) groups is 1. The van der Waals surface area contributed by atoms with Gasteiger partial charge >= 0.3 is 0 Å². The first-order chi connectivity index (χ1) is 11.9. The molecule has 1 aromatic carbocycles. The van der Waals surface area contributed by atoms with Gasteiger partial charge in [0.1, 0.15) is 11.5 Å². The average molecular weight is 337 g/mol. The lowest BCUT2D eigenvalue weighted by Gasteiger charge is -2.56. The van der Waals surface area contributed by atoms with Gasteiger partial charge in [-0.2, -0.15) is 0 Å². The van der Waals surface area contributed by atoms with E-state index in [-0.39, 0.29) is 5.41 Å². The van der Waals surface area contributed by atoms with Gasteiger partial charge in [0.25, 0.3) is 0 Å². The number of rotatable bonds is 3. The quantitative estimate of drug-likeness (QED) is 0.796. The van der Waals surface area contributed by atoms with Gasteiger partial charge in [0.15, 0.2) is 5.72 Å². The van der Waals surface area contributed by atoms with Crippen molar-refractivity contribution in [2.24, 2.45) is 28.2 Å². The van der Waals surface area contributed by atoms with E-state index >= 15 is 0 Å². The highest BCUT2D eigenvalue weighted by atomic mass is 16.5. The smallest absolute Gasteiger partial charge is 0.194 e. The zero-order valence-electron chi connectivity index (χ0n) is 15.3. The van der Waals surface area contributed by atoms with Crippen LogP contribution in [0, 0.1) is 23.2 Å². The van der Waals surface area contributed by atoms with Gasteiger partial charge in [0, 0.05) is 17.4 Å². The van der Waals surface area contributed by atoms with Crippen LogP contribution in [-0.2, 0) is 4.79 Å². The summed E-state index contributed by atoms with van der Waals surface area (Å²) in [6.07, 6.45) is 7.98. The van der Waals surface area contributed by atoms with Gasteiger partial charge in [-0.3, -0.25) is 4.79 Å². The normalized spacial score (nSPS) is 37.2. The fourth-order valence-electron chi connectivity index (χ4n) is 6.40. The highest BCUT2D eigenvalue weighted by Gasteiger charge is 2.54. The second kappa shape index (κ2) is 5.18. The topological polar surface area (TPSA) is 38.7 Å². The number of hydrogen-bond donors (Lipinski definition) is 0. The molecule has 1 aliphatic heterocycles. The third-order valence-corrected chi connectivity index (χ3v) is 6.92. The third kappa shape index (κ3) is 2.54. The van der Waals surface area contributed by atoms with Crippen LogP contribution in [0.1, 0.15) is 64.4 Å². The fraction of sp³-hybridized carbons (Fsp3) is 0.636. The first kappa shape index (κ1) is 15.6. The average Bonchev–Trinajstić information content (AvgIpc) is 2.52. The number of benzene rings is 1. The number of ketones is 1. The molecule has 0 unspecified atom stereocenters. The molecule has 132 valence electrons.